The SMILES string of the molecule is C=CC(=O)OC(CC)NC(N)=O. The first-order valence-electron chi connectivity index (χ1n) is 3.49. The second kappa shape index (κ2) is 5.17. The Morgan fingerprint density at radius 3 is 2.67 bits per heavy atom. The number of carbonyl (C=O) groups excluding carboxylic acids is 2. The smallest absolute Gasteiger partial charge is 0.332 e. The molecule has 12 heavy (non-hydrogen) atoms. The van der Waals surface area contributed by atoms with E-state index in [9.17, 15) is 9.59 Å². The molecule has 0 heterocycles. The van der Waals surface area contributed by atoms with Crippen LogP contribution in [0.15, 0.2) is 12.7 Å². The van der Waals surface area contributed by atoms with Crippen LogP contribution in [-0.2, 0) is 9.53 Å². The average Bonchev–Trinajstić information content (AvgIpc) is 2.02. The van der Waals surface area contributed by atoms with E-state index in [-0.39, 0.29) is 0 Å². The van der Waals surface area contributed by atoms with Gasteiger partial charge in [0.2, 0.25) is 0 Å². The van der Waals surface area contributed by atoms with Crippen molar-refractivity contribution in [2.75, 3.05) is 0 Å². The summed E-state index contributed by atoms with van der Waals surface area (Å²) in [6.07, 6.45) is 0.807. The monoisotopic (exact) mass is 172 g/mol. The Bertz CT molecular complexity index is 191. The first-order valence-corrected chi connectivity index (χ1v) is 3.49. The van der Waals surface area contributed by atoms with Crippen molar-refractivity contribution in [1.29, 1.82) is 0 Å². The van der Waals surface area contributed by atoms with E-state index in [1.165, 1.54) is 0 Å². The minimum absolute atomic E-state index is 0.461. The Kier molecular flexibility index (Phi) is 4.52. The van der Waals surface area contributed by atoms with Crippen LogP contribution >= 0.6 is 0 Å². The van der Waals surface area contributed by atoms with E-state index < -0.39 is 18.2 Å². The highest BCUT2D eigenvalue weighted by atomic mass is 16.6. The molecule has 5 heteroatoms. The van der Waals surface area contributed by atoms with Gasteiger partial charge in [0.1, 0.15) is 0 Å². The molecule has 0 aromatic carbocycles. The van der Waals surface area contributed by atoms with Crippen LogP contribution in [0.3, 0.4) is 0 Å². The van der Waals surface area contributed by atoms with Crippen LogP contribution in [0, 0.1) is 0 Å². The lowest BCUT2D eigenvalue weighted by Crippen LogP contribution is -2.40. The van der Waals surface area contributed by atoms with Crippen LogP contribution in [0.25, 0.3) is 0 Å². The van der Waals surface area contributed by atoms with E-state index in [1.807, 2.05) is 0 Å². The Balaban J connectivity index is 3.90. The molecule has 0 spiro atoms. The summed E-state index contributed by atoms with van der Waals surface area (Å²) < 4.78 is 4.69. The largest absolute Gasteiger partial charge is 0.439 e. The highest BCUT2D eigenvalue weighted by molar-refractivity contribution is 5.81. The topological polar surface area (TPSA) is 81.4 Å². The number of nitrogens with two attached hydrogens (primary N) is 1. The molecule has 0 saturated carbocycles. The summed E-state index contributed by atoms with van der Waals surface area (Å²) in [7, 11) is 0. The number of primary amides is 1. The van der Waals surface area contributed by atoms with Gasteiger partial charge in [0.25, 0.3) is 0 Å². The lowest BCUT2D eigenvalue weighted by atomic mass is 10.4. The maximum Gasteiger partial charge on any atom is 0.332 e. The van der Waals surface area contributed by atoms with Crippen molar-refractivity contribution in [1.82, 2.24) is 5.32 Å². The fourth-order valence-corrected chi connectivity index (χ4v) is 0.562. The molecule has 1 unspecified atom stereocenters. The number of nitrogens with one attached hydrogen (secondary N) is 1. The van der Waals surface area contributed by atoms with Crippen molar-refractivity contribution in [3.05, 3.63) is 12.7 Å². The molecular weight excluding hydrogens is 160 g/mol. The molecule has 0 aromatic heterocycles. The van der Waals surface area contributed by atoms with Crippen LogP contribution in [0.1, 0.15) is 13.3 Å². The minimum atomic E-state index is -0.723. The molecule has 0 aliphatic heterocycles. The first kappa shape index (κ1) is 10.5. The van der Waals surface area contributed by atoms with E-state index in [1.54, 1.807) is 6.92 Å². The molecular formula is C7H12N2O3. The number of esters is 1. The predicted octanol–water partition coefficient (Wildman–Crippen LogP) is 0.120. The molecule has 68 valence electrons. The molecule has 2 amide bonds. The molecule has 0 fully saturated rings. The zero-order valence-corrected chi connectivity index (χ0v) is 6.87. The summed E-state index contributed by atoms with van der Waals surface area (Å²) >= 11 is 0. The number of hydrogen-bond donors (Lipinski definition) is 2. The van der Waals surface area contributed by atoms with Crippen LogP contribution < -0.4 is 11.1 Å². The third-order valence-corrected chi connectivity index (χ3v) is 1.10. The summed E-state index contributed by atoms with van der Waals surface area (Å²) in [5.41, 5.74) is 4.82. The number of ether oxygens (including phenoxy) is 1. The van der Waals surface area contributed by atoms with Crippen molar-refractivity contribution in [2.24, 2.45) is 5.73 Å². The van der Waals surface area contributed by atoms with Gasteiger partial charge in [-0.15, -0.1) is 0 Å². The van der Waals surface area contributed by atoms with Gasteiger partial charge in [-0.1, -0.05) is 13.5 Å². The van der Waals surface area contributed by atoms with Gasteiger partial charge >= 0.3 is 12.0 Å². The quantitative estimate of drug-likeness (QED) is 0.359. The maximum absolute atomic E-state index is 10.6. The lowest BCUT2D eigenvalue weighted by molar-refractivity contribution is -0.143. The van der Waals surface area contributed by atoms with E-state index in [0.717, 1.165) is 6.08 Å². The maximum atomic E-state index is 10.6. The summed E-state index contributed by atoms with van der Waals surface area (Å²) in [6.45, 7) is 4.96. The molecule has 0 rings (SSSR count). The summed E-state index contributed by atoms with van der Waals surface area (Å²) in [4.78, 5) is 21.0. The molecule has 0 bridgehead atoms. The number of urea groups is 1. The van der Waals surface area contributed by atoms with Gasteiger partial charge in [0, 0.05) is 12.5 Å². The number of amides is 2. The predicted molar refractivity (Wildman–Crippen MR) is 43.1 cm³/mol. The van der Waals surface area contributed by atoms with Crippen molar-refractivity contribution < 1.29 is 14.3 Å². The van der Waals surface area contributed by atoms with Crippen molar-refractivity contribution in [3.63, 3.8) is 0 Å². The Hall–Kier alpha value is -1.52. The third-order valence-electron chi connectivity index (χ3n) is 1.10. The highest BCUT2D eigenvalue weighted by Crippen LogP contribution is 1.94. The molecule has 0 saturated heterocycles. The Morgan fingerprint density at radius 1 is 1.75 bits per heavy atom. The fraction of sp³-hybridized carbons (Fsp3) is 0.429. The molecule has 0 aliphatic rings. The highest BCUT2D eigenvalue weighted by Gasteiger charge is 2.10. The van der Waals surface area contributed by atoms with Crippen molar-refractivity contribution in [2.45, 2.75) is 19.6 Å². The van der Waals surface area contributed by atoms with Gasteiger partial charge in [-0.3, -0.25) is 0 Å². The second-order valence-corrected chi connectivity index (χ2v) is 2.05. The van der Waals surface area contributed by atoms with E-state index in [4.69, 9.17) is 10.5 Å². The van der Waals surface area contributed by atoms with Gasteiger partial charge < -0.3 is 15.8 Å². The number of rotatable bonds is 4. The Labute approximate surface area is 70.6 Å². The van der Waals surface area contributed by atoms with Crippen LogP contribution in [0.5, 0.6) is 0 Å². The minimum Gasteiger partial charge on any atom is -0.439 e. The fourth-order valence-electron chi connectivity index (χ4n) is 0.562. The normalized spacial score (nSPS) is 11.4. The van der Waals surface area contributed by atoms with Crippen LogP contribution in [0.4, 0.5) is 4.79 Å². The van der Waals surface area contributed by atoms with Gasteiger partial charge in [-0.2, -0.15) is 0 Å². The van der Waals surface area contributed by atoms with E-state index in [2.05, 4.69) is 11.9 Å². The first-order chi connectivity index (χ1) is 5.60. The van der Waals surface area contributed by atoms with Crippen molar-refractivity contribution in [3.8, 4) is 0 Å². The van der Waals surface area contributed by atoms with Gasteiger partial charge in [-0.25, -0.2) is 9.59 Å². The van der Waals surface area contributed by atoms with Gasteiger partial charge in [0.05, 0.1) is 0 Å². The zero-order valence-electron chi connectivity index (χ0n) is 6.87. The third kappa shape index (κ3) is 4.32. The molecule has 0 aromatic rings. The second-order valence-electron chi connectivity index (χ2n) is 2.05. The van der Waals surface area contributed by atoms with Gasteiger partial charge in [0.15, 0.2) is 6.23 Å². The zero-order chi connectivity index (χ0) is 9.56. The summed E-state index contributed by atoms with van der Waals surface area (Å²) in [5.74, 6) is -0.587. The van der Waals surface area contributed by atoms with Crippen LogP contribution in [0.2, 0.25) is 0 Å². The summed E-state index contributed by atoms with van der Waals surface area (Å²) in [6, 6.07) is -0.723. The molecule has 5 nitrogen and oxygen atoms in total. The van der Waals surface area contributed by atoms with Crippen LogP contribution in [-0.4, -0.2) is 18.2 Å². The van der Waals surface area contributed by atoms with E-state index >= 15 is 0 Å². The average molecular weight is 172 g/mol. The van der Waals surface area contributed by atoms with E-state index in [0.29, 0.717) is 6.42 Å². The molecule has 1 atom stereocenters. The molecule has 0 radical (unpaired) electrons. The lowest BCUT2D eigenvalue weighted by Gasteiger charge is -2.14. The van der Waals surface area contributed by atoms with Gasteiger partial charge in [-0.05, 0) is 0 Å². The standard InChI is InChI=1S/C7H12N2O3/c1-3-5(9-7(8)11)12-6(10)4-2/h4-5H,2-3H2,1H3,(H3,8,9,11). The summed E-state index contributed by atoms with van der Waals surface area (Å²) in [5, 5.41) is 2.24. The van der Waals surface area contributed by atoms with Crippen molar-refractivity contribution >= 4 is 12.0 Å². The number of hydrogen-bond acceptors (Lipinski definition) is 3. The number of carbonyl (C=O) groups is 2. The Morgan fingerprint density at radius 2 is 2.33 bits per heavy atom. The molecule has 3 N–H and O–H groups in total. The molecule has 0 aliphatic carbocycles.